The van der Waals surface area contributed by atoms with Gasteiger partial charge in [0, 0.05) is 27.3 Å². The molecule has 1 amide bonds. The van der Waals surface area contributed by atoms with E-state index in [0.29, 0.717) is 50.7 Å². The van der Waals surface area contributed by atoms with Crippen LogP contribution in [0, 0.1) is 0 Å². The lowest BCUT2D eigenvalue weighted by molar-refractivity contribution is -0.113. The number of thioether (sulfide) groups is 1. The lowest BCUT2D eigenvalue weighted by Crippen LogP contribution is -2.33. The minimum absolute atomic E-state index is 0.123. The Balaban J connectivity index is 1.61. The van der Waals surface area contributed by atoms with Gasteiger partial charge in [0.15, 0.2) is 0 Å². The summed E-state index contributed by atoms with van der Waals surface area (Å²) in [6.45, 7) is 3.10. The van der Waals surface area contributed by atoms with Gasteiger partial charge in [-0.3, -0.25) is 9.80 Å². The van der Waals surface area contributed by atoms with Gasteiger partial charge in [0.05, 0.1) is 5.75 Å². The number of nitrogens with one attached hydrogen (secondary N) is 1. The van der Waals surface area contributed by atoms with Crippen LogP contribution in [0.25, 0.3) is 0 Å². The van der Waals surface area contributed by atoms with Gasteiger partial charge in [-0.15, -0.1) is 5.10 Å². The zero-order valence-corrected chi connectivity index (χ0v) is 18.4. The van der Waals surface area contributed by atoms with Crippen LogP contribution in [0.4, 0.5) is 5.69 Å². The number of carbonyl (C=O) groups excluding carboxylic acids is 1. The Morgan fingerprint density at radius 3 is 2.48 bits per heavy atom. The topological polar surface area (TPSA) is 66.3 Å². The first kappa shape index (κ1) is 21.8. The number of likely N-dealkylation sites (N-methyl/N-ethyl adjacent to an activating group) is 1. The van der Waals surface area contributed by atoms with Crippen LogP contribution < -0.4 is 10.1 Å². The molecule has 0 saturated carbocycles. The maximum Gasteiger partial charge on any atom is 0.234 e. The minimum atomic E-state index is -0.222. The van der Waals surface area contributed by atoms with Crippen molar-refractivity contribution < 1.29 is 9.53 Å². The van der Waals surface area contributed by atoms with E-state index in [4.69, 9.17) is 39.5 Å². The fraction of sp³-hybridized carbons (Fsp3) is 0.211. The first-order chi connectivity index (χ1) is 13.9. The van der Waals surface area contributed by atoms with Crippen LogP contribution in [0.5, 0.6) is 5.75 Å². The lowest BCUT2D eigenvalue weighted by atomic mass is 10.3. The average Bonchev–Trinajstić information content (AvgIpc) is 2.67. The van der Waals surface area contributed by atoms with Crippen molar-refractivity contribution in [3.05, 3.63) is 57.5 Å². The van der Waals surface area contributed by atoms with E-state index in [1.54, 1.807) is 42.5 Å². The molecule has 1 aliphatic rings. The van der Waals surface area contributed by atoms with Crippen molar-refractivity contribution >= 4 is 69.2 Å². The van der Waals surface area contributed by atoms with Crippen molar-refractivity contribution in [3.8, 4) is 5.75 Å². The predicted octanol–water partition coefficient (Wildman–Crippen LogP) is 5.40. The van der Waals surface area contributed by atoms with Crippen LogP contribution in [0.2, 0.25) is 15.1 Å². The summed E-state index contributed by atoms with van der Waals surface area (Å²) in [5.41, 5.74) is 0.532. The highest BCUT2D eigenvalue weighted by Gasteiger charge is 2.18. The molecule has 0 spiro atoms. The fourth-order valence-electron chi connectivity index (χ4n) is 2.37. The zero-order chi connectivity index (χ0) is 20.8. The molecule has 0 aromatic heterocycles. The molecule has 0 aliphatic carbocycles. The molecule has 1 aliphatic heterocycles. The molecule has 2 aromatic carbocycles. The molecule has 0 radical (unpaired) electrons. The van der Waals surface area contributed by atoms with E-state index in [9.17, 15) is 4.79 Å². The predicted molar refractivity (Wildman–Crippen MR) is 122 cm³/mol. The molecule has 2 aromatic rings. The van der Waals surface area contributed by atoms with Gasteiger partial charge < -0.3 is 10.1 Å². The van der Waals surface area contributed by atoms with Crippen LogP contribution in [0.3, 0.4) is 0 Å². The standard InChI is InChI=1S/C19H17Cl3N4O2S/c1-2-26-10-18(28-16-5-3-12(20)4-6-16)24-19(25-26)29-11-17(27)23-15-8-13(21)7-14(22)9-15/h3-9H,2,10-11H2,1H3,(H,23,27). The molecule has 0 unspecified atom stereocenters. The average molecular weight is 472 g/mol. The molecule has 0 bridgehead atoms. The Morgan fingerprint density at radius 2 is 1.83 bits per heavy atom. The van der Waals surface area contributed by atoms with E-state index in [2.05, 4.69) is 15.4 Å². The van der Waals surface area contributed by atoms with Gasteiger partial charge in [0.25, 0.3) is 0 Å². The molecular formula is C19H17Cl3N4O2S. The van der Waals surface area contributed by atoms with Crippen LogP contribution in [0.15, 0.2) is 52.6 Å². The molecule has 29 heavy (non-hydrogen) atoms. The van der Waals surface area contributed by atoms with Crippen molar-refractivity contribution in [1.29, 1.82) is 0 Å². The smallest absolute Gasteiger partial charge is 0.234 e. The van der Waals surface area contributed by atoms with Gasteiger partial charge >= 0.3 is 0 Å². The number of rotatable bonds is 5. The van der Waals surface area contributed by atoms with Crippen molar-refractivity contribution in [3.63, 3.8) is 0 Å². The van der Waals surface area contributed by atoms with Crippen LogP contribution in [0.1, 0.15) is 6.92 Å². The molecule has 0 saturated heterocycles. The number of amides is 1. The number of aliphatic imine (C=N–C) groups is 1. The molecule has 0 fully saturated rings. The number of amidine groups is 1. The van der Waals surface area contributed by atoms with Gasteiger partial charge in [0.1, 0.15) is 12.3 Å². The van der Waals surface area contributed by atoms with E-state index < -0.39 is 0 Å². The van der Waals surface area contributed by atoms with Crippen LogP contribution >= 0.6 is 46.6 Å². The number of hydrogen-bond donors (Lipinski definition) is 1. The third kappa shape index (κ3) is 6.82. The van der Waals surface area contributed by atoms with Crippen LogP contribution in [-0.2, 0) is 4.79 Å². The van der Waals surface area contributed by atoms with Gasteiger partial charge in [-0.2, -0.15) is 4.99 Å². The monoisotopic (exact) mass is 470 g/mol. The van der Waals surface area contributed by atoms with Crippen LogP contribution in [-0.4, -0.2) is 40.8 Å². The fourth-order valence-corrected chi connectivity index (χ4v) is 3.69. The quantitative estimate of drug-likeness (QED) is 0.634. The minimum Gasteiger partial charge on any atom is -0.441 e. The molecule has 1 N–H and O–H groups in total. The summed E-state index contributed by atoms with van der Waals surface area (Å²) in [6.07, 6.45) is 0. The summed E-state index contributed by atoms with van der Waals surface area (Å²) in [4.78, 5) is 16.7. The number of carbonyl (C=O) groups is 1. The Morgan fingerprint density at radius 1 is 1.14 bits per heavy atom. The highest BCUT2D eigenvalue weighted by atomic mass is 35.5. The van der Waals surface area contributed by atoms with Gasteiger partial charge in [-0.1, -0.05) is 46.6 Å². The van der Waals surface area contributed by atoms with Crippen molar-refractivity contribution in [2.24, 2.45) is 10.1 Å². The molecule has 0 atom stereocenters. The van der Waals surface area contributed by atoms with E-state index in [1.165, 1.54) is 11.8 Å². The van der Waals surface area contributed by atoms with Crippen molar-refractivity contribution in [1.82, 2.24) is 5.01 Å². The molecular weight excluding hydrogens is 455 g/mol. The summed E-state index contributed by atoms with van der Waals surface area (Å²) in [6, 6.07) is 11.9. The first-order valence-electron chi connectivity index (χ1n) is 8.64. The second kappa shape index (κ2) is 10.2. The molecule has 6 nitrogen and oxygen atoms in total. The number of halogens is 3. The first-order valence-corrected chi connectivity index (χ1v) is 10.8. The Labute approximate surface area is 187 Å². The van der Waals surface area contributed by atoms with E-state index >= 15 is 0 Å². The number of hydrogen-bond acceptors (Lipinski definition) is 6. The number of anilines is 1. The largest absolute Gasteiger partial charge is 0.441 e. The second-order valence-electron chi connectivity index (χ2n) is 5.92. The van der Waals surface area contributed by atoms with Crippen molar-refractivity contribution in [2.75, 3.05) is 24.2 Å². The van der Waals surface area contributed by atoms with Crippen molar-refractivity contribution in [2.45, 2.75) is 6.92 Å². The molecule has 1 heterocycles. The highest BCUT2D eigenvalue weighted by Crippen LogP contribution is 2.23. The molecule has 3 rings (SSSR count). The van der Waals surface area contributed by atoms with Gasteiger partial charge in [0.2, 0.25) is 17.0 Å². The maximum absolute atomic E-state index is 12.3. The number of nitrogens with zero attached hydrogens (tertiary/aromatic N) is 3. The highest BCUT2D eigenvalue weighted by molar-refractivity contribution is 8.14. The summed E-state index contributed by atoms with van der Waals surface area (Å²) in [5, 5.41) is 11.0. The summed E-state index contributed by atoms with van der Waals surface area (Å²) >= 11 is 19.0. The Bertz CT molecular complexity index is 931. The molecule has 10 heteroatoms. The third-order valence-corrected chi connectivity index (χ3v) is 5.18. The van der Waals surface area contributed by atoms with Gasteiger partial charge in [-0.05, 0) is 49.4 Å². The summed E-state index contributed by atoms with van der Waals surface area (Å²) < 4.78 is 5.83. The number of ether oxygens (including phenoxy) is 1. The Kier molecular flexibility index (Phi) is 7.66. The summed E-state index contributed by atoms with van der Waals surface area (Å²) in [7, 11) is 0. The maximum atomic E-state index is 12.3. The lowest BCUT2D eigenvalue weighted by Gasteiger charge is -2.23. The van der Waals surface area contributed by atoms with E-state index in [0.717, 1.165) is 0 Å². The van der Waals surface area contributed by atoms with E-state index in [1.807, 2.05) is 11.9 Å². The van der Waals surface area contributed by atoms with E-state index in [-0.39, 0.29) is 11.7 Å². The number of hydrazone groups is 1. The second-order valence-corrected chi connectivity index (χ2v) is 8.17. The third-order valence-electron chi connectivity index (χ3n) is 3.66. The van der Waals surface area contributed by atoms with Gasteiger partial charge in [-0.25, -0.2) is 0 Å². The SMILES string of the molecule is CCN1CC(Oc2ccc(Cl)cc2)=NC(SCC(=O)Nc2cc(Cl)cc(Cl)c2)=N1. The number of benzene rings is 2. The normalized spacial score (nSPS) is 13.6. The summed E-state index contributed by atoms with van der Waals surface area (Å²) in [5.74, 6) is 1.03. The zero-order valence-electron chi connectivity index (χ0n) is 15.4. The molecule has 152 valence electrons. The Hall–Kier alpha value is -1.93.